The van der Waals surface area contributed by atoms with E-state index in [9.17, 15) is 4.79 Å². The molecule has 2 heterocycles. The van der Waals surface area contributed by atoms with E-state index in [1.165, 1.54) is 0 Å². The number of rotatable bonds is 4. The summed E-state index contributed by atoms with van der Waals surface area (Å²) in [6, 6.07) is 0.379. The number of aliphatic imine (C=N–C) groups is 1. The molecule has 28 heavy (non-hydrogen) atoms. The Balaban J connectivity index is 0.00000392. The van der Waals surface area contributed by atoms with E-state index in [2.05, 4.69) is 31.7 Å². The Bertz CT molecular complexity index is 629. The van der Waals surface area contributed by atoms with Crippen LogP contribution in [0.5, 0.6) is 0 Å². The summed E-state index contributed by atoms with van der Waals surface area (Å²) in [6.45, 7) is 10.9. The van der Waals surface area contributed by atoms with Gasteiger partial charge in [-0.2, -0.15) is 0 Å². The number of halogens is 1. The van der Waals surface area contributed by atoms with Crippen molar-refractivity contribution in [3.05, 3.63) is 18.7 Å². The molecule has 2 unspecified atom stereocenters. The second-order valence-electron chi connectivity index (χ2n) is 8.17. The van der Waals surface area contributed by atoms with Crippen molar-refractivity contribution in [3.63, 3.8) is 0 Å². The highest BCUT2D eigenvalue weighted by molar-refractivity contribution is 14.0. The van der Waals surface area contributed by atoms with Crippen molar-refractivity contribution >= 4 is 36.0 Å². The highest BCUT2D eigenvalue weighted by Crippen LogP contribution is 2.27. The van der Waals surface area contributed by atoms with Crippen molar-refractivity contribution in [2.45, 2.75) is 45.8 Å². The molecule has 0 bridgehead atoms. The second kappa shape index (κ2) is 10.9. The van der Waals surface area contributed by atoms with Gasteiger partial charge in [0, 0.05) is 52.7 Å². The maximum absolute atomic E-state index is 12.0. The second-order valence-corrected chi connectivity index (χ2v) is 8.17. The summed E-state index contributed by atoms with van der Waals surface area (Å²) in [7, 11) is 3.54. The van der Waals surface area contributed by atoms with Gasteiger partial charge >= 0.3 is 6.09 Å². The van der Waals surface area contributed by atoms with Crippen LogP contribution in [0, 0.1) is 5.92 Å². The highest BCUT2D eigenvalue weighted by atomic mass is 127. The molecule has 0 aromatic carbocycles. The third kappa shape index (κ3) is 7.14. The van der Waals surface area contributed by atoms with Crippen LogP contribution >= 0.6 is 24.0 Å². The Morgan fingerprint density at radius 3 is 2.71 bits per heavy atom. The van der Waals surface area contributed by atoms with E-state index in [4.69, 9.17) is 4.74 Å². The minimum atomic E-state index is -0.484. The van der Waals surface area contributed by atoms with Gasteiger partial charge in [0.1, 0.15) is 5.60 Å². The fourth-order valence-electron chi connectivity index (χ4n) is 3.19. The Morgan fingerprint density at radius 1 is 1.43 bits per heavy atom. The quantitative estimate of drug-likeness (QED) is 0.386. The lowest BCUT2D eigenvalue weighted by molar-refractivity contribution is 0.0301. The first-order valence-electron chi connectivity index (χ1n) is 9.58. The summed E-state index contributed by atoms with van der Waals surface area (Å²) in [6.07, 6.45) is 6.52. The van der Waals surface area contributed by atoms with Crippen LogP contribution in [0.2, 0.25) is 0 Å². The number of piperidine rings is 1. The van der Waals surface area contributed by atoms with Gasteiger partial charge in [-0.05, 0) is 33.1 Å². The van der Waals surface area contributed by atoms with Crippen LogP contribution < -0.4 is 5.32 Å². The average Bonchev–Trinajstić information content (AvgIpc) is 3.12. The van der Waals surface area contributed by atoms with E-state index < -0.39 is 5.60 Å². The van der Waals surface area contributed by atoms with Gasteiger partial charge in [-0.3, -0.25) is 4.99 Å². The third-order valence-electron chi connectivity index (χ3n) is 4.77. The summed E-state index contributed by atoms with van der Waals surface area (Å²) in [4.78, 5) is 24.5. The molecule has 1 amide bonds. The van der Waals surface area contributed by atoms with Gasteiger partial charge in [0.2, 0.25) is 0 Å². The van der Waals surface area contributed by atoms with E-state index in [0.717, 1.165) is 25.5 Å². The molecule has 2 rings (SSSR count). The van der Waals surface area contributed by atoms with E-state index in [0.29, 0.717) is 25.0 Å². The third-order valence-corrected chi connectivity index (χ3v) is 4.77. The molecule has 1 aromatic rings. The zero-order chi connectivity index (χ0) is 20.0. The summed E-state index contributed by atoms with van der Waals surface area (Å²) in [5.74, 6) is 1.46. The number of guanidine groups is 1. The molecule has 0 spiro atoms. The lowest BCUT2D eigenvalue weighted by atomic mass is 9.93. The van der Waals surface area contributed by atoms with Gasteiger partial charge in [0.15, 0.2) is 5.96 Å². The summed E-state index contributed by atoms with van der Waals surface area (Å²) in [5, 5.41) is 3.37. The Hall–Kier alpha value is -1.52. The molecule has 0 aliphatic carbocycles. The molecule has 0 saturated carbocycles. The highest BCUT2D eigenvalue weighted by Gasteiger charge is 2.29. The number of nitrogens with zero attached hydrogens (tertiary/aromatic N) is 5. The monoisotopic (exact) mass is 506 g/mol. The Kier molecular flexibility index (Phi) is 9.52. The summed E-state index contributed by atoms with van der Waals surface area (Å²) >= 11 is 0. The number of amides is 1. The molecule has 1 saturated heterocycles. The number of carbonyl (C=O) groups excluding carboxylic acids is 1. The number of imidazole rings is 1. The van der Waals surface area contributed by atoms with Crippen molar-refractivity contribution in [1.82, 2.24) is 24.7 Å². The fraction of sp³-hybridized carbons (Fsp3) is 0.737. The zero-order valence-electron chi connectivity index (χ0n) is 17.9. The number of likely N-dealkylation sites (N-methyl/N-ethyl adjacent to an activating group) is 1. The van der Waals surface area contributed by atoms with Crippen LogP contribution in [-0.2, 0) is 4.74 Å². The predicted molar refractivity (Wildman–Crippen MR) is 122 cm³/mol. The topological polar surface area (TPSA) is 75.0 Å². The standard InChI is InChI=1S/C19H34N6O2.HI/c1-15-7-10-24(13-16(15)25-12-8-21-14-25)17(20-5)22-9-11-23(6)18(26)27-19(2,3)4;/h8,12,14-16H,7,9-11,13H2,1-6H3,(H,20,22);1H. The van der Waals surface area contributed by atoms with Gasteiger partial charge in [-0.15, -0.1) is 24.0 Å². The first-order chi connectivity index (χ1) is 12.7. The summed E-state index contributed by atoms with van der Waals surface area (Å²) in [5.41, 5.74) is -0.484. The van der Waals surface area contributed by atoms with Crippen molar-refractivity contribution in [2.24, 2.45) is 10.9 Å². The van der Waals surface area contributed by atoms with Gasteiger partial charge in [0.25, 0.3) is 0 Å². The van der Waals surface area contributed by atoms with E-state index in [1.54, 1.807) is 19.0 Å². The SMILES string of the molecule is CN=C(NCCN(C)C(=O)OC(C)(C)C)N1CCC(C)C(n2ccnc2)C1.I. The maximum Gasteiger partial charge on any atom is 0.410 e. The normalized spacial score (nSPS) is 20.4. The molecule has 0 radical (unpaired) electrons. The average molecular weight is 506 g/mol. The number of nitrogens with one attached hydrogen (secondary N) is 1. The van der Waals surface area contributed by atoms with Crippen LogP contribution in [0.25, 0.3) is 0 Å². The summed E-state index contributed by atoms with van der Waals surface area (Å²) < 4.78 is 7.56. The molecule has 160 valence electrons. The number of carbonyl (C=O) groups is 1. The predicted octanol–water partition coefficient (Wildman–Crippen LogP) is 2.83. The smallest absolute Gasteiger partial charge is 0.410 e. The Labute approximate surface area is 185 Å². The molecule has 8 nitrogen and oxygen atoms in total. The van der Waals surface area contributed by atoms with Gasteiger partial charge in [-0.25, -0.2) is 9.78 Å². The van der Waals surface area contributed by atoms with Crippen molar-refractivity contribution in [3.8, 4) is 0 Å². The number of hydrogen-bond acceptors (Lipinski definition) is 4. The minimum absolute atomic E-state index is 0. The van der Waals surface area contributed by atoms with E-state index >= 15 is 0 Å². The largest absolute Gasteiger partial charge is 0.444 e. The number of hydrogen-bond donors (Lipinski definition) is 1. The van der Waals surface area contributed by atoms with Crippen molar-refractivity contribution in [2.75, 3.05) is 40.3 Å². The van der Waals surface area contributed by atoms with E-state index in [-0.39, 0.29) is 30.1 Å². The molecule has 2 atom stereocenters. The number of ether oxygens (including phenoxy) is 1. The maximum atomic E-state index is 12.0. The Morgan fingerprint density at radius 2 is 2.14 bits per heavy atom. The molecule has 1 aliphatic heterocycles. The lowest BCUT2D eigenvalue weighted by Crippen LogP contribution is -2.50. The van der Waals surface area contributed by atoms with Gasteiger partial charge in [-0.1, -0.05) is 6.92 Å². The molecule has 9 heteroatoms. The van der Waals surface area contributed by atoms with Crippen LogP contribution in [0.1, 0.15) is 40.2 Å². The first kappa shape index (κ1) is 24.5. The van der Waals surface area contributed by atoms with Crippen LogP contribution in [-0.4, -0.2) is 77.3 Å². The zero-order valence-corrected chi connectivity index (χ0v) is 20.2. The van der Waals surface area contributed by atoms with Crippen molar-refractivity contribution in [1.29, 1.82) is 0 Å². The number of aromatic nitrogens is 2. The molecule has 1 aromatic heterocycles. The van der Waals surface area contributed by atoms with Crippen molar-refractivity contribution < 1.29 is 9.53 Å². The lowest BCUT2D eigenvalue weighted by Gasteiger charge is -2.39. The molecular formula is C19H35IN6O2. The van der Waals surface area contributed by atoms with Crippen LogP contribution in [0.4, 0.5) is 4.79 Å². The van der Waals surface area contributed by atoms with Gasteiger partial charge < -0.3 is 24.4 Å². The van der Waals surface area contributed by atoms with E-state index in [1.807, 2.05) is 39.5 Å². The van der Waals surface area contributed by atoms with Crippen LogP contribution in [0.15, 0.2) is 23.7 Å². The molecule has 1 N–H and O–H groups in total. The number of likely N-dealkylation sites (tertiary alicyclic amines) is 1. The fourth-order valence-corrected chi connectivity index (χ4v) is 3.19. The van der Waals surface area contributed by atoms with Gasteiger partial charge in [0.05, 0.1) is 12.4 Å². The molecule has 1 aliphatic rings. The minimum Gasteiger partial charge on any atom is -0.444 e. The van der Waals surface area contributed by atoms with Crippen LogP contribution in [0.3, 0.4) is 0 Å². The first-order valence-corrected chi connectivity index (χ1v) is 9.58. The molecular weight excluding hydrogens is 471 g/mol. The molecule has 1 fully saturated rings.